The Morgan fingerprint density at radius 2 is 2.08 bits per heavy atom. The van der Waals surface area contributed by atoms with E-state index in [4.69, 9.17) is 0 Å². The Bertz CT molecular complexity index is 288. The number of rotatable bonds is 1. The molecule has 4 heteroatoms. The van der Waals surface area contributed by atoms with E-state index in [1.165, 1.54) is 11.9 Å². The van der Waals surface area contributed by atoms with Gasteiger partial charge in [-0.05, 0) is 17.5 Å². The predicted molar refractivity (Wildman–Crippen MR) is 46.0 cm³/mol. The molecule has 0 aromatic heterocycles. The summed E-state index contributed by atoms with van der Waals surface area (Å²) < 4.78 is 0. The molecule has 12 heavy (non-hydrogen) atoms. The fraction of sp³-hybridized carbons (Fsp3) is 0.125. The van der Waals surface area contributed by atoms with Gasteiger partial charge in [0.05, 0.1) is 0 Å². The quantitative estimate of drug-likeness (QED) is 0.665. The third-order valence-electron chi connectivity index (χ3n) is 1.62. The van der Waals surface area contributed by atoms with Crippen LogP contribution < -0.4 is 4.89 Å². The van der Waals surface area contributed by atoms with Crippen molar-refractivity contribution >= 4 is 17.9 Å². The van der Waals surface area contributed by atoms with E-state index < -0.39 is 0 Å². The van der Waals surface area contributed by atoms with Gasteiger partial charge in [-0.1, -0.05) is 35.2 Å². The summed E-state index contributed by atoms with van der Waals surface area (Å²) in [7, 11) is 0. The van der Waals surface area contributed by atoms with E-state index in [9.17, 15) is 4.79 Å². The lowest BCUT2D eigenvalue weighted by molar-refractivity contribution is -0.143. The highest BCUT2D eigenvalue weighted by molar-refractivity contribution is 7.98. The summed E-state index contributed by atoms with van der Waals surface area (Å²) in [6.45, 7) is 0. The SMILES string of the molecule is O=C1ONSC1c1ccccc1. The Morgan fingerprint density at radius 3 is 2.67 bits per heavy atom. The van der Waals surface area contributed by atoms with Crippen LogP contribution in [0.3, 0.4) is 0 Å². The molecule has 1 atom stereocenters. The van der Waals surface area contributed by atoms with Crippen LogP contribution in [-0.2, 0) is 9.63 Å². The number of nitrogens with one attached hydrogen (secondary N) is 1. The van der Waals surface area contributed by atoms with Crippen molar-refractivity contribution in [3.8, 4) is 0 Å². The topological polar surface area (TPSA) is 38.3 Å². The van der Waals surface area contributed by atoms with E-state index in [1.807, 2.05) is 30.3 Å². The van der Waals surface area contributed by atoms with Gasteiger partial charge in [-0.2, -0.15) is 0 Å². The van der Waals surface area contributed by atoms with Gasteiger partial charge in [0, 0.05) is 0 Å². The third kappa shape index (κ3) is 1.31. The van der Waals surface area contributed by atoms with Crippen molar-refractivity contribution in [2.75, 3.05) is 0 Å². The first-order valence-electron chi connectivity index (χ1n) is 3.54. The van der Waals surface area contributed by atoms with Gasteiger partial charge in [-0.25, -0.2) is 4.79 Å². The molecule has 1 aromatic rings. The molecule has 1 saturated heterocycles. The molecule has 0 amide bonds. The molecule has 0 spiro atoms. The molecule has 1 aliphatic heterocycles. The lowest BCUT2D eigenvalue weighted by Crippen LogP contribution is -2.04. The smallest absolute Gasteiger partial charge is 0.344 e. The minimum Gasteiger partial charge on any atom is -0.358 e. The fourth-order valence-electron chi connectivity index (χ4n) is 1.05. The van der Waals surface area contributed by atoms with E-state index in [0.717, 1.165) is 5.56 Å². The summed E-state index contributed by atoms with van der Waals surface area (Å²) in [4.78, 5) is 18.2. The summed E-state index contributed by atoms with van der Waals surface area (Å²) >= 11 is 1.28. The lowest BCUT2D eigenvalue weighted by atomic mass is 10.1. The van der Waals surface area contributed by atoms with Crippen molar-refractivity contribution < 1.29 is 9.63 Å². The highest BCUT2D eigenvalue weighted by atomic mass is 32.2. The minimum absolute atomic E-state index is 0.216. The number of hydrogen-bond donors (Lipinski definition) is 1. The fourth-order valence-corrected chi connectivity index (χ4v) is 1.71. The van der Waals surface area contributed by atoms with Gasteiger partial charge in [-0.3, -0.25) is 0 Å². The first-order valence-corrected chi connectivity index (χ1v) is 4.42. The highest BCUT2D eigenvalue weighted by Crippen LogP contribution is 2.31. The van der Waals surface area contributed by atoms with Crippen LogP contribution in [0.25, 0.3) is 0 Å². The molecule has 1 aromatic carbocycles. The molecule has 1 aliphatic rings. The maximum atomic E-state index is 11.1. The second kappa shape index (κ2) is 3.16. The summed E-state index contributed by atoms with van der Waals surface area (Å²) in [5.74, 6) is -0.230. The van der Waals surface area contributed by atoms with E-state index >= 15 is 0 Å². The van der Waals surface area contributed by atoms with Gasteiger partial charge in [0.25, 0.3) is 0 Å². The summed E-state index contributed by atoms with van der Waals surface area (Å²) in [6, 6.07) is 9.54. The zero-order valence-corrected chi connectivity index (χ0v) is 7.01. The minimum atomic E-state index is -0.230. The largest absolute Gasteiger partial charge is 0.358 e. The van der Waals surface area contributed by atoms with Gasteiger partial charge < -0.3 is 4.84 Å². The molecule has 62 valence electrons. The molecule has 0 saturated carbocycles. The summed E-state index contributed by atoms with van der Waals surface area (Å²) in [5.41, 5.74) is 0.970. The lowest BCUT2D eigenvalue weighted by Gasteiger charge is -2.01. The molecule has 0 bridgehead atoms. The third-order valence-corrected chi connectivity index (χ3v) is 2.50. The normalized spacial score (nSPS) is 22.3. The van der Waals surface area contributed by atoms with Gasteiger partial charge in [0.2, 0.25) is 0 Å². The van der Waals surface area contributed by atoms with Crippen LogP contribution in [0.15, 0.2) is 30.3 Å². The van der Waals surface area contributed by atoms with Crippen LogP contribution in [0.4, 0.5) is 0 Å². The molecule has 1 unspecified atom stereocenters. The number of benzene rings is 1. The molecule has 3 nitrogen and oxygen atoms in total. The highest BCUT2D eigenvalue weighted by Gasteiger charge is 2.29. The predicted octanol–water partition coefficient (Wildman–Crippen LogP) is 1.44. The molecule has 1 N–H and O–H groups in total. The number of carbonyl (C=O) groups is 1. The first kappa shape index (κ1) is 7.64. The van der Waals surface area contributed by atoms with Crippen LogP contribution >= 0.6 is 11.9 Å². The van der Waals surface area contributed by atoms with Crippen LogP contribution in [0.2, 0.25) is 0 Å². The van der Waals surface area contributed by atoms with E-state index in [2.05, 4.69) is 9.72 Å². The van der Waals surface area contributed by atoms with Gasteiger partial charge in [-0.15, -0.1) is 0 Å². The second-order valence-corrected chi connectivity index (χ2v) is 3.29. The van der Waals surface area contributed by atoms with Gasteiger partial charge >= 0.3 is 5.97 Å². The van der Waals surface area contributed by atoms with Crippen LogP contribution in [-0.4, -0.2) is 5.97 Å². The van der Waals surface area contributed by atoms with Crippen LogP contribution in [0.1, 0.15) is 10.8 Å². The Balaban J connectivity index is 2.25. The van der Waals surface area contributed by atoms with Gasteiger partial charge in [0.15, 0.2) is 0 Å². The zero-order valence-electron chi connectivity index (χ0n) is 6.19. The maximum absolute atomic E-state index is 11.1. The molecule has 0 aliphatic carbocycles. The van der Waals surface area contributed by atoms with Crippen LogP contribution in [0.5, 0.6) is 0 Å². The summed E-state index contributed by atoms with van der Waals surface area (Å²) in [5, 5.41) is -0.216. The van der Waals surface area contributed by atoms with Crippen molar-refractivity contribution in [1.29, 1.82) is 0 Å². The second-order valence-electron chi connectivity index (χ2n) is 2.41. The molecular formula is C8H7NO2S. The van der Waals surface area contributed by atoms with Crippen molar-refractivity contribution in [3.63, 3.8) is 0 Å². The Morgan fingerprint density at radius 1 is 1.33 bits per heavy atom. The van der Waals surface area contributed by atoms with E-state index in [0.29, 0.717) is 0 Å². The average Bonchev–Trinajstić information content (AvgIpc) is 2.53. The number of carbonyl (C=O) groups excluding carboxylic acids is 1. The zero-order chi connectivity index (χ0) is 8.39. The van der Waals surface area contributed by atoms with Crippen molar-refractivity contribution in [3.05, 3.63) is 35.9 Å². The maximum Gasteiger partial charge on any atom is 0.344 e. The molecular weight excluding hydrogens is 174 g/mol. The standard InChI is InChI=1S/C8H7NO2S/c10-8-7(12-9-11-8)6-4-2-1-3-5-6/h1-5,7,9H. The van der Waals surface area contributed by atoms with Crippen molar-refractivity contribution in [2.45, 2.75) is 5.25 Å². The Kier molecular flexibility index (Phi) is 2.01. The molecule has 0 radical (unpaired) electrons. The van der Waals surface area contributed by atoms with Crippen LogP contribution in [0, 0.1) is 0 Å². The number of hydrogen-bond acceptors (Lipinski definition) is 4. The van der Waals surface area contributed by atoms with E-state index in [1.54, 1.807) is 0 Å². The Hall–Kier alpha value is -1.00. The first-order chi connectivity index (χ1) is 5.88. The Labute approximate surface area is 74.2 Å². The van der Waals surface area contributed by atoms with Crippen molar-refractivity contribution in [1.82, 2.24) is 4.89 Å². The molecule has 1 fully saturated rings. The molecule has 2 rings (SSSR count). The monoisotopic (exact) mass is 181 g/mol. The van der Waals surface area contributed by atoms with E-state index in [-0.39, 0.29) is 11.2 Å². The van der Waals surface area contributed by atoms with Crippen molar-refractivity contribution in [2.24, 2.45) is 0 Å². The van der Waals surface area contributed by atoms with Gasteiger partial charge in [0.1, 0.15) is 5.25 Å². The molecule has 1 heterocycles. The summed E-state index contributed by atoms with van der Waals surface area (Å²) in [6.07, 6.45) is 0. The average molecular weight is 181 g/mol.